The Hall–Kier alpha value is -1.55. The second-order valence-corrected chi connectivity index (χ2v) is 3.33. The lowest BCUT2D eigenvalue weighted by atomic mass is 10.1. The van der Waals surface area contributed by atoms with Crippen LogP contribution in [0.15, 0.2) is 12.1 Å². The number of ketones is 1. The second kappa shape index (κ2) is 4.31. The minimum absolute atomic E-state index is 0.00269. The lowest BCUT2D eigenvalue weighted by molar-refractivity contribution is 0.0597. The number of carbonyl (C=O) groups excluding carboxylic acids is 2. The van der Waals surface area contributed by atoms with Crippen molar-refractivity contribution >= 4 is 23.4 Å². The van der Waals surface area contributed by atoms with E-state index in [2.05, 4.69) is 4.74 Å². The van der Waals surface area contributed by atoms with E-state index in [4.69, 9.17) is 11.6 Å². The van der Waals surface area contributed by atoms with Gasteiger partial charge in [0.2, 0.25) is 0 Å². The number of Topliss-reactive ketones (excluding diaryl/α,β-unsaturated/α-hetero) is 1. The van der Waals surface area contributed by atoms with E-state index in [1.807, 2.05) is 0 Å². The molecule has 0 atom stereocenters. The summed E-state index contributed by atoms with van der Waals surface area (Å²) in [5.41, 5.74) is -0.113. The van der Waals surface area contributed by atoms with Gasteiger partial charge in [-0.15, -0.1) is 0 Å². The van der Waals surface area contributed by atoms with E-state index in [0.29, 0.717) is 0 Å². The highest BCUT2D eigenvalue weighted by atomic mass is 35.5. The highest BCUT2D eigenvalue weighted by Gasteiger charge is 2.18. The summed E-state index contributed by atoms with van der Waals surface area (Å²) in [6.45, 7) is 1.27. The van der Waals surface area contributed by atoms with Crippen molar-refractivity contribution in [2.24, 2.45) is 0 Å². The number of phenols is 1. The number of aromatic hydroxyl groups is 1. The Balaban J connectivity index is 3.41. The Morgan fingerprint density at radius 2 is 1.87 bits per heavy atom. The van der Waals surface area contributed by atoms with Gasteiger partial charge in [-0.25, -0.2) is 4.79 Å². The third-order valence-corrected chi connectivity index (χ3v) is 2.08. The summed E-state index contributed by atoms with van der Waals surface area (Å²) < 4.78 is 4.44. The molecular weight excluding hydrogens is 220 g/mol. The third kappa shape index (κ3) is 2.27. The summed E-state index contributed by atoms with van der Waals surface area (Å²) in [5.74, 6) is -1.52. The number of ether oxygens (including phenoxy) is 1. The highest BCUT2D eigenvalue weighted by Crippen LogP contribution is 2.28. The maximum atomic E-state index is 11.2. The summed E-state index contributed by atoms with van der Waals surface area (Å²) in [4.78, 5) is 22.3. The summed E-state index contributed by atoms with van der Waals surface area (Å²) in [7, 11) is 1.18. The SMILES string of the molecule is COC(=O)c1cc(Cl)cc(C(C)=O)c1O. The molecule has 1 aromatic carbocycles. The Labute approximate surface area is 91.4 Å². The van der Waals surface area contributed by atoms with Crippen LogP contribution in [-0.2, 0) is 4.74 Å². The van der Waals surface area contributed by atoms with Gasteiger partial charge in [-0.2, -0.15) is 0 Å². The third-order valence-electron chi connectivity index (χ3n) is 1.86. The van der Waals surface area contributed by atoms with E-state index >= 15 is 0 Å². The molecule has 0 radical (unpaired) electrons. The van der Waals surface area contributed by atoms with Crippen molar-refractivity contribution in [3.63, 3.8) is 0 Å². The molecule has 0 aliphatic rings. The number of hydrogen-bond acceptors (Lipinski definition) is 4. The van der Waals surface area contributed by atoms with Gasteiger partial charge in [0, 0.05) is 5.02 Å². The zero-order valence-electron chi connectivity index (χ0n) is 8.20. The Morgan fingerprint density at radius 1 is 1.33 bits per heavy atom. The lowest BCUT2D eigenvalue weighted by Gasteiger charge is -2.06. The largest absolute Gasteiger partial charge is 0.506 e. The molecule has 0 unspecified atom stereocenters. The minimum Gasteiger partial charge on any atom is -0.506 e. The van der Waals surface area contributed by atoms with Crippen LogP contribution < -0.4 is 0 Å². The fraction of sp³-hybridized carbons (Fsp3) is 0.200. The molecule has 0 aliphatic heterocycles. The summed E-state index contributed by atoms with van der Waals surface area (Å²) in [5, 5.41) is 9.80. The number of esters is 1. The van der Waals surface area contributed by atoms with Crippen LogP contribution in [0.25, 0.3) is 0 Å². The Bertz CT molecular complexity index is 426. The van der Waals surface area contributed by atoms with Gasteiger partial charge in [0.25, 0.3) is 0 Å². The number of methoxy groups -OCH3 is 1. The molecule has 4 nitrogen and oxygen atoms in total. The van der Waals surface area contributed by atoms with E-state index in [9.17, 15) is 14.7 Å². The topological polar surface area (TPSA) is 63.6 Å². The van der Waals surface area contributed by atoms with Crippen molar-refractivity contribution in [1.29, 1.82) is 0 Å². The molecule has 0 heterocycles. The Morgan fingerprint density at radius 3 is 2.33 bits per heavy atom. The second-order valence-electron chi connectivity index (χ2n) is 2.90. The number of carbonyl (C=O) groups is 2. The molecular formula is C10H9ClO4. The van der Waals surface area contributed by atoms with E-state index in [1.54, 1.807) is 0 Å². The smallest absolute Gasteiger partial charge is 0.341 e. The number of hydrogen-bond donors (Lipinski definition) is 1. The molecule has 0 bridgehead atoms. The van der Waals surface area contributed by atoms with E-state index < -0.39 is 11.7 Å². The van der Waals surface area contributed by atoms with E-state index in [-0.39, 0.29) is 21.9 Å². The van der Waals surface area contributed by atoms with Crippen LogP contribution in [0.1, 0.15) is 27.6 Å². The van der Waals surface area contributed by atoms with E-state index in [1.165, 1.54) is 26.2 Å². The first-order valence-corrected chi connectivity index (χ1v) is 4.47. The first-order chi connectivity index (χ1) is 6.97. The molecule has 0 amide bonds. The van der Waals surface area contributed by atoms with Crippen LogP contribution in [0.3, 0.4) is 0 Å². The quantitative estimate of drug-likeness (QED) is 0.622. The molecule has 15 heavy (non-hydrogen) atoms. The fourth-order valence-electron chi connectivity index (χ4n) is 1.13. The van der Waals surface area contributed by atoms with Gasteiger partial charge in [0.15, 0.2) is 5.78 Å². The molecule has 0 saturated heterocycles. The van der Waals surface area contributed by atoms with Gasteiger partial charge in [0.1, 0.15) is 11.3 Å². The van der Waals surface area contributed by atoms with Gasteiger partial charge in [-0.3, -0.25) is 4.79 Å². The number of halogens is 1. The van der Waals surface area contributed by atoms with Crippen LogP contribution >= 0.6 is 11.6 Å². The molecule has 0 spiro atoms. The molecule has 0 aromatic heterocycles. The predicted molar refractivity (Wildman–Crippen MR) is 54.5 cm³/mol. The van der Waals surface area contributed by atoms with Crippen molar-refractivity contribution in [2.45, 2.75) is 6.92 Å². The molecule has 1 N–H and O–H groups in total. The van der Waals surface area contributed by atoms with Crippen LogP contribution in [0.2, 0.25) is 5.02 Å². The summed E-state index contributed by atoms with van der Waals surface area (Å²) >= 11 is 5.70. The maximum Gasteiger partial charge on any atom is 0.341 e. The number of phenolic OH excluding ortho intramolecular Hbond substituents is 1. The van der Waals surface area contributed by atoms with Gasteiger partial charge in [0.05, 0.1) is 12.7 Å². The zero-order valence-corrected chi connectivity index (χ0v) is 8.96. The highest BCUT2D eigenvalue weighted by molar-refractivity contribution is 6.31. The first kappa shape index (κ1) is 11.5. The molecule has 0 aliphatic carbocycles. The average molecular weight is 229 g/mol. The molecule has 0 saturated carbocycles. The minimum atomic E-state index is -0.738. The van der Waals surface area contributed by atoms with Gasteiger partial charge in [-0.1, -0.05) is 11.6 Å². The lowest BCUT2D eigenvalue weighted by Crippen LogP contribution is -2.04. The van der Waals surface area contributed by atoms with Crippen molar-refractivity contribution < 1.29 is 19.4 Å². The fourth-order valence-corrected chi connectivity index (χ4v) is 1.35. The number of rotatable bonds is 2. The predicted octanol–water partition coefficient (Wildman–Crippen LogP) is 2.03. The summed E-state index contributed by atoms with van der Waals surface area (Å²) in [6, 6.07) is 2.54. The van der Waals surface area contributed by atoms with Crippen LogP contribution in [0.5, 0.6) is 5.75 Å². The summed E-state index contributed by atoms with van der Waals surface area (Å²) in [6.07, 6.45) is 0. The molecule has 1 aromatic rings. The maximum absolute atomic E-state index is 11.2. The molecule has 80 valence electrons. The van der Waals surface area contributed by atoms with Crippen LogP contribution in [0, 0.1) is 0 Å². The molecule has 0 fully saturated rings. The van der Waals surface area contributed by atoms with Crippen molar-refractivity contribution in [2.75, 3.05) is 7.11 Å². The monoisotopic (exact) mass is 228 g/mol. The molecule has 5 heteroatoms. The number of benzene rings is 1. The standard InChI is InChI=1S/C10H9ClO4/c1-5(12)7-3-6(11)4-8(9(7)13)10(14)15-2/h3-4,13H,1-2H3. The van der Waals surface area contributed by atoms with Gasteiger partial charge < -0.3 is 9.84 Å². The Kier molecular flexibility index (Phi) is 3.31. The normalized spacial score (nSPS) is 9.80. The van der Waals surface area contributed by atoms with Crippen LogP contribution in [0.4, 0.5) is 0 Å². The van der Waals surface area contributed by atoms with Gasteiger partial charge in [-0.05, 0) is 19.1 Å². The first-order valence-electron chi connectivity index (χ1n) is 4.09. The zero-order chi connectivity index (χ0) is 11.6. The van der Waals surface area contributed by atoms with Crippen LogP contribution in [-0.4, -0.2) is 24.0 Å². The van der Waals surface area contributed by atoms with Crippen molar-refractivity contribution in [3.05, 3.63) is 28.3 Å². The van der Waals surface area contributed by atoms with Gasteiger partial charge >= 0.3 is 5.97 Å². The van der Waals surface area contributed by atoms with Crippen molar-refractivity contribution in [3.8, 4) is 5.75 Å². The van der Waals surface area contributed by atoms with E-state index in [0.717, 1.165) is 0 Å². The molecule has 1 rings (SSSR count). The average Bonchev–Trinajstić information content (AvgIpc) is 2.19. The van der Waals surface area contributed by atoms with Crippen molar-refractivity contribution in [1.82, 2.24) is 0 Å².